The maximum absolute atomic E-state index is 12.0. The van der Waals surface area contributed by atoms with Crippen molar-refractivity contribution >= 4 is 63.7 Å². The van der Waals surface area contributed by atoms with Crippen molar-refractivity contribution in [2.75, 3.05) is 11.9 Å². The van der Waals surface area contributed by atoms with Gasteiger partial charge in [0, 0.05) is 12.1 Å². The molecule has 5 nitrogen and oxygen atoms in total. The molecule has 0 aliphatic rings. The van der Waals surface area contributed by atoms with Crippen LogP contribution in [-0.2, 0) is 4.79 Å². The first-order valence-corrected chi connectivity index (χ1v) is 9.97. The number of amides is 1. The van der Waals surface area contributed by atoms with Gasteiger partial charge >= 0.3 is 0 Å². The molecule has 0 aliphatic heterocycles. The summed E-state index contributed by atoms with van der Waals surface area (Å²) in [4.78, 5) is 12.0. The molecule has 0 aromatic heterocycles. The van der Waals surface area contributed by atoms with Gasteiger partial charge in [0.25, 0.3) is 0 Å². The number of carbonyl (C=O) groups is 1. The van der Waals surface area contributed by atoms with Crippen LogP contribution in [0.25, 0.3) is 0 Å². The van der Waals surface area contributed by atoms with Gasteiger partial charge in [-0.3, -0.25) is 4.79 Å². The zero-order chi connectivity index (χ0) is 19.6. The highest BCUT2D eigenvalue weighted by atomic mass is 35.6. The van der Waals surface area contributed by atoms with Crippen molar-refractivity contribution < 1.29 is 9.53 Å². The lowest BCUT2D eigenvalue weighted by molar-refractivity contribution is -0.122. The summed E-state index contributed by atoms with van der Waals surface area (Å²) in [6.07, 6.45) is 2.19. The SMILES string of the molecule is CCCCCC(=O)NC(NC(=S)Nc1ccc(OCC)cc1)C(Cl)(Cl)Cl. The highest BCUT2D eigenvalue weighted by Crippen LogP contribution is 2.29. The fourth-order valence-electron chi connectivity index (χ4n) is 2.07. The number of ether oxygens (including phenoxy) is 1. The first-order valence-electron chi connectivity index (χ1n) is 8.42. The molecule has 0 saturated heterocycles. The third-order valence-corrected chi connectivity index (χ3v) is 4.21. The fourth-order valence-corrected chi connectivity index (χ4v) is 2.63. The summed E-state index contributed by atoms with van der Waals surface area (Å²) in [5, 5.41) is 8.69. The van der Waals surface area contributed by atoms with Crippen molar-refractivity contribution in [2.24, 2.45) is 0 Å². The number of thiocarbonyl (C=S) groups is 1. The summed E-state index contributed by atoms with van der Waals surface area (Å²) in [6.45, 7) is 4.57. The van der Waals surface area contributed by atoms with Crippen LogP contribution in [0.3, 0.4) is 0 Å². The van der Waals surface area contributed by atoms with E-state index in [1.807, 2.05) is 31.2 Å². The van der Waals surface area contributed by atoms with Crippen LogP contribution in [0.5, 0.6) is 5.75 Å². The lowest BCUT2D eigenvalue weighted by atomic mass is 10.2. The molecule has 1 amide bonds. The second-order valence-electron chi connectivity index (χ2n) is 5.56. The van der Waals surface area contributed by atoms with E-state index >= 15 is 0 Å². The second-order valence-corrected chi connectivity index (χ2v) is 8.33. The highest BCUT2D eigenvalue weighted by molar-refractivity contribution is 7.80. The first kappa shape index (κ1) is 23.1. The van der Waals surface area contributed by atoms with E-state index in [1.165, 1.54) is 0 Å². The molecule has 0 saturated carbocycles. The minimum absolute atomic E-state index is 0.203. The summed E-state index contributed by atoms with van der Waals surface area (Å²) < 4.78 is 3.62. The maximum atomic E-state index is 12.0. The summed E-state index contributed by atoms with van der Waals surface area (Å²) >= 11 is 23.1. The van der Waals surface area contributed by atoms with Crippen LogP contribution in [0.4, 0.5) is 5.69 Å². The van der Waals surface area contributed by atoms with Gasteiger partial charge in [0.1, 0.15) is 11.9 Å². The molecule has 1 rings (SSSR count). The lowest BCUT2D eigenvalue weighted by Gasteiger charge is -2.27. The van der Waals surface area contributed by atoms with Crippen molar-refractivity contribution in [2.45, 2.75) is 49.5 Å². The molecule has 0 spiro atoms. The van der Waals surface area contributed by atoms with Crippen molar-refractivity contribution in [3.8, 4) is 5.75 Å². The monoisotopic (exact) mass is 439 g/mol. The van der Waals surface area contributed by atoms with Gasteiger partial charge in [-0.15, -0.1) is 0 Å². The highest BCUT2D eigenvalue weighted by Gasteiger charge is 2.34. The Labute approximate surface area is 175 Å². The molecule has 0 radical (unpaired) electrons. The summed E-state index contributed by atoms with van der Waals surface area (Å²) in [5.41, 5.74) is 0.739. The van der Waals surface area contributed by atoms with Crippen molar-refractivity contribution in [1.29, 1.82) is 0 Å². The predicted molar refractivity (Wildman–Crippen MR) is 113 cm³/mol. The Morgan fingerprint density at radius 3 is 2.35 bits per heavy atom. The fraction of sp³-hybridized carbons (Fsp3) is 0.529. The van der Waals surface area contributed by atoms with Gasteiger partial charge in [-0.05, 0) is 49.8 Å². The number of rotatable bonds is 9. The molecule has 9 heteroatoms. The normalized spacial score (nSPS) is 12.2. The number of unbranched alkanes of at least 4 members (excludes halogenated alkanes) is 2. The van der Waals surface area contributed by atoms with Crippen molar-refractivity contribution in [1.82, 2.24) is 10.6 Å². The number of anilines is 1. The summed E-state index contributed by atoms with van der Waals surface area (Å²) in [7, 11) is 0. The smallest absolute Gasteiger partial charge is 0.228 e. The Bertz CT molecular complexity index is 580. The van der Waals surface area contributed by atoms with Gasteiger partial charge in [0.05, 0.1) is 6.61 Å². The first-order chi connectivity index (χ1) is 12.3. The van der Waals surface area contributed by atoms with Crippen molar-refractivity contribution in [3.63, 3.8) is 0 Å². The zero-order valence-corrected chi connectivity index (χ0v) is 17.9. The molecule has 1 aromatic carbocycles. The Hall–Kier alpha value is -0.950. The predicted octanol–water partition coefficient (Wildman–Crippen LogP) is 4.76. The molecule has 0 bridgehead atoms. The molecule has 3 N–H and O–H groups in total. The van der Waals surface area contributed by atoms with Crippen LogP contribution in [-0.4, -0.2) is 27.6 Å². The van der Waals surface area contributed by atoms with Gasteiger partial charge in [-0.1, -0.05) is 54.6 Å². The van der Waals surface area contributed by atoms with Crippen LogP contribution in [0, 0.1) is 0 Å². The maximum Gasteiger partial charge on any atom is 0.228 e. The number of halogens is 3. The number of nitrogens with one attached hydrogen (secondary N) is 3. The average Bonchev–Trinajstić information content (AvgIpc) is 2.56. The molecule has 1 unspecified atom stereocenters. The van der Waals surface area contributed by atoms with Gasteiger partial charge in [-0.2, -0.15) is 0 Å². The van der Waals surface area contributed by atoms with E-state index in [1.54, 1.807) is 0 Å². The molecule has 26 heavy (non-hydrogen) atoms. The van der Waals surface area contributed by atoms with E-state index < -0.39 is 9.96 Å². The number of benzene rings is 1. The molecule has 1 aromatic rings. The number of carbonyl (C=O) groups excluding carboxylic acids is 1. The van der Waals surface area contributed by atoms with Gasteiger partial charge in [0.2, 0.25) is 9.70 Å². The molecule has 0 fully saturated rings. The van der Waals surface area contributed by atoms with Gasteiger partial charge in [0.15, 0.2) is 5.11 Å². The molecule has 1 atom stereocenters. The van der Waals surface area contributed by atoms with Crippen LogP contribution in [0.15, 0.2) is 24.3 Å². The molecular formula is C17H24Cl3N3O2S. The standard InChI is InChI=1S/C17H24Cl3N3O2S/c1-3-5-6-7-14(24)22-15(17(18,19)20)23-16(26)21-12-8-10-13(11-9-12)25-4-2/h8-11,15H,3-7H2,1-2H3,(H,22,24)(H2,21,23,26). The zero-order valence-electron chi connectivity index (χ0n) is 14.8. The molecule has 0 aliphatic carbocycles. The minimum Gasteiger partial charge on any atom is -0.494 e. The quantitative estimate of drug-likeness (QED) is 0.223. The number of hydrogen-bond acceptors (Lipinski definition) is 3. The van der Waals surface area contributed by atoms with Crippen LogP contribution in [0.1, 0.15) is 39.5 Å². The molecular weight excluding hydrogens is 417 g/mol. The van der Waals surface area contributed by atoms with E-state index in [9.17, 15) is 4.79 Å². The topological polar surface area (TPSA) is 62.4 Å². The van der Waals surface area contributed by atoms with E-state index in [2.05, 4.69) is 22.9 Å². The Morgan fingerprint density at radius 1 is 1.15 bits per heavy atom. The van der Waals surface area contributed by atoms with Crippen molar-refractivity contribution in [3.05, 3.63) is 24.3 Å². The number of alkyl halides is 3. The van der Waals surface area contributed by atoms with E-state index in [0.717, 1.165) is 30.7 Å². The lowest BCUT2D eigenvalue weighted by Crippen LogP contribution is -2.56. The van der Waals surface area contributed by atoms with Crippen LogP contribution < -0.4 is 20.7 Å². The van der Waals surface area contributed by atoms with E-state index in [0.29, 0.717) is 13.0 Å². The minimum atomic E-state index is -1.76. The summed E-state index contributed by atoms with van der Waals surface area (Å²) in [5.74, 6) is 0.557. The molecule has 0 heterocycles. The molecule has 146 valence electrons. The van der Waals surface area contributed by atoms with Gasteiger partial charge < -0.3 is 20.7 Å². The average molecular weight is 441 g/mol. The Kier molecular flexibility index (Phi) is 10.4. The largest absolute Gasteiger partial charge is 0.494 e. The third-order valence-electron chi connectivity index (χ3n) is 3.34. The van der Waals surface area contributed by atoms with Crippen LogP contribution >= 0.6 is 47.0 Å². The summed E-state index contributed by atoms with van der Waals surface area (Å²) in [6, 6.07) is 7.26. The Balaban J connectivity index is 2.60. The third kappa shape index (κ3) is 9.12. The Morgan fingerprint density at radius 2 is 1.81 bits per heavy atom. The van der Waals surface area contributed by atoms with Crippen LogP contribution in [0.2, 0.25) is 0 Å². The number of hydrogen-bond donors (Lipinski definition) is 3. The van der Waals surface area contributed by atoms with Gasteiger partial charge in [-0.25, -0.2) is 0 Å². The second kappa shape index (κ2) is 11.7. The van der Waals surface area contributed by atoms with E-state index in [-0.39, 0.29) is 11.0 Å². The van der Waals surface area contributed by atoms with E-state index in [4.69, 9.17) is 51.8 Å².